The predicted octanol–water partition coefficient (Wildman–Crippen LogP) is 5.35. The normalized spacial score (nSPS) is 21.4. The molecule has 2 unspecified atom stereocenters. The summed E-state index contributed by atoms with van der Waals surface area (Å²) >= 11 is 0. The van der Waals surface area contributed by atoms with E-state index >= 15 is 0 Å². The lowest BCUT2D eigenvalue weighted by molar-refractivity contribution is 0.357. The van der Waals surface area contributed by atoms with Gasteiger partial charge in [-0.05, 0) is 42.0 Å². The number of ether oxygens (including phenoxy) is 1. The fourth-order valence-electron chi connectivity index (χ4n) is 3.42. The van der Waals surface area contributed by atoms with Gasteiger partial charge in [0, 0.05) is 6.04 Å². The first-order valence-corrected chi connectivity index (χ1v) is 8.26. The Morgan fingerprint density at radius 2 is 1.82 bits per heavy atom. The molecular weight excluding hydrogens is 270 g/mol. The van der Waals surface area contributed by atoms with Gasteiger partial charge in [0.05, 0.1) is 12.8 Å². The van der Waals surface area contributed by atoms with Crippen LogP contribution < -0.4 is 10.1 Å². The molecule has 1 aliphatic rings. The van der Waals surface area contributed by atoms with Crippen LogP contribution in [0.15, 0.2) is 48.5 Å². The molecular formula is C20H25NO. The van der Waals surface area contributed by atoms with E-state index < -0.39 is 0 Å². The Balaban J connectivity index is 1.85. The number of hydrogen-bond donors (Lipinski definition) is 1. The van der Waals surface area contributed by atoms with E-state index in [1.54, 1.807) is 7.11 Å². The van der Waals surface area contributed by atoms with Gasteiger partial charge in [-0.25, -0.2) is 0 Å². The standard InChI is InChI=1S/C20H25NO/c1-15-7-6-10-18(13-15)21-19-14-17(11-12-20(19)22-2)16-8-4-3-5-9-16/h3-5,8-9,11-12,14-15,18,21H,6-7,10,13H2,1-2H3. The third kappa shape index (κ3) is 3.44. The summed E-state index contributed by atoms with van der Waals surface area (Å²) < 4.78 is 5.54. The van der Waals surface area contributed by atoms with Gasteiger partial charge in [-0.3, -0.25) is 0 Å². The summed E-state index contributed by atoms with van der Waals surface area (Å²) in [6, 6.07) is 17.5. The molecule has 0 heterocycles. The molecule has 0 amide bonds. The lowest BCUT2D eigenvalue weighted by Gasteiger charge is -2.29. The molecule has 2 heteroatoms. The van der Waals surface area contributed by atoms with E-state index in [9.17, 15) is 0 Å². The van der Waals surface area contributed by atoms with Gasteiger partial charge in [-0.1, -0.05) is 56.2 Å². The van der Waals surface area contributed by atoms with Crippen molar-refractivity contribution in [2.75, 3.05) is 12.4 Å². The van der Waals surface area contributed by atoms with Gasteiger partial charge in [0.2, 0.25) is 0 Å². The zero-order valence-corrected chi connectivity index (χ0v) is 13.5. The topological polar surface area (TPSA) is 21.3 Å². The Bertz CT molecular complexity index is 608. The summed E-state index contributed by atoms with van der Waals surface area (Å²) in [6.45, 7) is 2.35. The minimum Gasteiger partial charge on any atom is -0.495 e. The highest BCUT2D eigenvalue weighted by molar-refractivity contribution is 5.72. The number of rotatable bonds is 4. The predicted molar refractivity (Wildman–Crippen MR) is 93.5 cm³/mol. The first kappa shape index (κ1) is 15.0. The second-order valence-electron chi connectivity index (χ2n) is 6.39. The number of methoxy groups -OCH3 is 1. The molecule has 1 aliphatic carbocycles. The maximum Gasteiger partial charge on any atom is 0.141 e. The summed E-state index contributed by atoms with van der Waals surface area (Å²) in [5, 5.41) is 3.72. The summed E-state index contributed by atoms with van der Waals surface area (Å²) in [5.41, 5.74) is 3.58. The molecule has 3 rings (SSSR count). The van der Waals surface area contributed by atoms with Crippen molar-refractivity contribution in [3.8, 4) is 16.9 Å². The van der Waals surface area contributed by atoms with Gasteiger partial charge >= 0.3 is 0 Å². The van der Waals surface area contributed by atoms with E-state index in [0.717, 1.165) is 17.4 Å². The molecule has 116 valence electrons. The fourth-order valence-corrected chi connectivity index (χ4v) is 3.42. The zero-order valence-electron chi connectivity index (χ0n) is 13.5. The Labute approximate surface area is 133 Å². The van der Waals surface area contributed by atoms with Crippen molar-refractivity contribution in [3.63, 3.8) is 0 Å². The average molecular weight is 295 g/mol. The number of anilines is 1. The first-order valence-electron chi connectivity index (χ1n) is 8.26. The summed E-state index contributed by atoms with van der Waals surface area (Å²) in [5.74, 6) is 1.74. The Hall–Kier alpha value is -1.96. The van der Waals surface area contributed by atoms with Crippen LogP contribution >= 0.6 is 0 Å². The molecule has 0 spiro atoms. The molecule has 2 atom stereocenters. The molecule has 0 radical (unpaired) electrons. The van der Waals surface area contributed by atoms with Gasteiger partial charge in [0.15, 0.2) is 0 Å². The van der Waals surface area contributed by atoms with Crippen LogP contribution in [0.1, 0.15) is 32.6 Å². The second kappa shape index (κ2) is 6.87. The van der Waals surface area contributed by atoms with Crippen LogP contribution in [-0.4, -0.2) is 13.2 Å². The van der Waals surface area contributed by atoms with Crippen molar-refractivity contribution in [2.45, 2.75) is 38.6 Å². The monoisotopic (exact) mass is 295 g/mol. The first-order chi connectivity index (χ1) is 10.8. The van der Waals surface area contributed by atoms with Crippen LogP contribution in [0.25, 0.3) is 11.1 Å². The molecule has 1 N–H and O–H groups in total. The third-order valence-corrected chi connectivity index (χ3v) is 4.60. The highest BCUT2D eigenvalue weighted by Gasteiger charge is 2.19. The van der Waals surface area contributed by atoms with E-state index in [1.165, 1.54) is 36.8 Å². The molecule has 0 saturated heterocycles. The molecule has 1 saturated carbocycles. The van der Waals surface area contributed by atoms with Crippen LogP contribution in [0.3, 0.4) is 0 Å². The molecule has 1 fully saturated rings. The maximum atomic E-state index is 5.54. The minimum atomic E-state index is 0.559. The van der Waals surface area contributed by atoms with Crippen LogP contribution in [0.4, 0.5) is 5.69 Å². The number of nitrogens with one attached hydrogen (secondary N) is 1. The molecule has 0 aromatic heterocycles. The summed E-state index contributed by atoms with van der Waals surface area (Å²) in [4.78, 5) is 0. The molecule has 22 heavy (non-hydrogen) atoms. The highest BCUT2D eigenvalue weighted by atomic mass is 16.5. The average Bonchev–Trinajstić information content (AvgIpc) is 2.56. The van der Waals surface area contributed by atoms with Gasteiger partial charge in [0.25, 0.3) is 0 Å². The number of benzene rings is 2. The van der Waals surface area contributed by atoms with E-state index in [0.29, 0.717) is 6.04 Å². The number of hydrogen-bond acceptors (Lipinski definition) is 2. The van der Waals surface area contributed by atoms with E-state index in [-0.39, 0.29) is 0 Å². The van der Waals surface area contributed by atoms with E-state index in [4.69, 9.17) is 4.74 Å². The van der Waals surface area contributed by atoms with Gasteiger partial charge in [-0.2, -0.15) is 0 Å². The Kier molecular flexibility index (Phi) is 4.67. The van der Waals surface area contributed by atoms with Gasteiger partial charge in [0.1, 0.15) is 5.75 Å². The Morgan fingerprint density at radius 3 is 2.55 bits per heavy atom. The van der Waals surface area contributed by atoms with Crippen molar-refractivity contribution in [2.24, 2.45) is 5.92 Å². The maximum absolute atomic E-state index is 5.54. The van der Waals surface area contributed by atoms with Crippen molar-refractivity contribution in [1.82, 2.24) is 0 Å². The molecule has 0 aliphatic heterocycles. The molecule has 2 aromatic rings. The molecule has 0 bridgehead atoms. The van der Waals surface area contributed by atoms with E-state index in [2.05, 4.69) is 60.8 Å². The van der Waals surface area contributed by atoms with E-state index in [1.807, 2.05) is 0 Å². The fraction of sp³-hybridized carbons (Fsp3) is 0.400. The van der Waals surface area contributed by atoms with Crippen molar-refractivity contribution in [1.29, 1.82) is 0 Å². The van der Waals surface area contributed by atoms with Crippen LogP contribution in [0.2, 0.25) is 0 Å². The van der Waals surface area contributed by atoms with Gasteiger partial charge in [-0.15, -0.1) is 0 Å². The quantitative estimate of drug-likeness (QED) is 0.820. The molecule has 2 nitrogen and oxygen atoms in total. The molecule has 2 aromatic carbocycles. The van der Waals surface area contributed by atoms with Crippen molar-refractivity contribution >= 4 is 5.69 Å². The zero-order chi connectivity index (χ0) is 15.4. The van der Waals surface area contributed by atoms with Crippen LogP contribution in [0.5, 0.6) is 5.75 Å². The van der Waals surface area contributed by atoms with Crippen molar-refractivity contribution in [3.05, 3.63) is 48.5 Å². The lowest BCUT2D eigenvalue weighted by atomic mass is 9.87. The SMILES string of the molecule is COc1ccc(-c2ccccc2)cc1NC1CCCC(C)C1. The van der Waals surface area contributed by atoms with Crippen LogP contribution in [0, 0.1) is 5.92 Å². The second-order valence-corrected chi connectivity index (χ2v) is 6.39. The van der Waals surface area contributed by atoms with Crippen LogP contribution in [-0.2, 0) is 0 Å². The Morgan fingerprint density at radius 1 is 1.00 bits per heavy atom. The highest BCUT2D eigenvalue weighted by Crippen LogP contribution is 2.33. The van der Waals surface area contributed by atoms with Crippen molar-refractivity contribution < 1.29 is 4.74 Å². The largest absolute Gasteiger partial charge is 0.495 e. The summed E-state index contributed by atoms with van der Waals surface area (Å²) in [6.07, 6.45) is 5.18. The smallest absolute Gasteiger partial charge is 0.141 e. The lowest BCUT2D eigenvalue weighted by Crippen LogP contribution is -2.26. The summed E-state index contributed by atoms with van der Waals surface area (Å²) in [7, 11) is 1.74. The van der Waals surface area contributed by atoms with Gasteiger partial charge < -0.3 is 10.1 Å². The minimum absolute atomic E-state index is 0.559. The third-order valence-electron chi connectivity index (χ3n) is 4.60.